The molecule has 6 heteroatoms. The first kappa shape index (κ1) is 22.8. The summed E-state index contributed by atoms with van der Waals surface area (Å²) in [6.45, 7) is 5.14. The predicted octanol–water partition coefficient (Wildman–Crippen LogP) is 3.97. The van der Waals surface area contributed by atoms with Crippen LogP contribution in [0.25, 0.3) is 0 Å². The van der Waals surface area contributed by atoms with Crippen molar-refractivity contribution in [2.75, 3.05) is 32.7 Å². The van der Waals surface area contributed by atoms with Gasteiger partial charge in [0.15, 0.2) is 0 Å². The molecule has 4 fully saturated rings. The van der Waals surface area contributed by atoms with Crippen LogP contribution in [-0.4, -0.2) is 76.3 Å². The van der Waals surface area contributed by atoms with Crippen LogP contribution in [0.4, 0.5) is 0 Å². The Morgan fingerprint density at radius 2 is 1.76 bits per heavy atom. The zero-order valence-corrected chi connectivity index (χ0v) is 20.0. The van der Waals surface area contributed by atoms with Crippen molar-refractivity contribution < 1.29 is 9.59 Å². The van der Waals surface area contributed by atoms with Gasteiger partial charge in [0.25, 0.3) is 5.91 Å². The fourth-order valence-electron chi connectivity index (χ4n) is 7.19. The summed E-state index contributed by atoms with van der Waals surface area (Å²) >= 11 is 0. The van der Waals surface area contributed by atoms with E-state index in [0.717, 1.165) is 45.3 Å². The van der Waals surface area contributed by atoms with Crippen LogP contribution >= 0.6 is 0 Å². The number of hydrogen-bond donors (Lipinski definition) is 0. The topological polar surface area (TPSA) is 56.8 Å². The number of hydrogen-bond acceptors (Lipinski definition) is 4. The number of nitrogens with zero attached hydrogens (tertiary/aromatic N) is 4. The van der Waals surface area contributed by atoms with E-state index in [1.165, 1.54) is 51.6 Å². The molecule has 4 aliphatic heterocycles. The maximum atomic E-state index is 13.6. The Labute approximate surface area is 198 Å². The molecule has 180 valence electrons. The lowest BCUT2D eigenvalue weighted by Crippen LogP contribution is -2.65. The Morgan fingerprint density at radius 3 is 2.52 bits per heavy atom. The van der Waals surface area contributed by atoms with Gasteiger partial charge >= 0.3 is 0 Å². The predicted molar refractivity (Wildman–Crippen MR) is 129 cm³/mol. The second-order valence-corrected chi connectivity index (χ2v) is 10.7. The molecule has 0 radical (unpaired) electrons. The summed E-state index contributed by atoms with van der Waals surface area (Å²) in [5.41, 5.74) is 0.699. The van der Waals surface area contributed by atoms with Crippen LogP contribution in [0.5, 0.6) is 0 Å². The third-order valence-corrected chi connectivity index (χ3v) is 8.69. The van der Waals surface area contributed by atoms with E-state index in [-0.39, 0.29) is 11.9 Å². The van der Waals surface area contributed by atoms with Gasteiger partial charge in [-0.05, 0) is 88.4 Å². The van der Waals surface area contributed by atoms with Crippen molar-refractivity contribution in [3.05, 3.63) is 30.1 Å². The first-order chi connectivity index (χ1) is 16.2. The standard InChI is InChI=1S/C27H40N4O2/c32-25(29-15-3-1-2-4-16-29)13-5-12-24-23-11-8-18-30-17-7-10-22(26(23)30)20-31(24)27(33)21-9-6-14-28-19-21/h6,9,14,19,22-24,26H,1-5,7-8,10-13,15-18,20H2/t22-,23+,24+,26-/m0/s1. The second kappa shape index (κ2) is 10.5. The smallest absolute Gasteiger partial charge is 0.255 e. The summed E-state index contributed by atoms with van der Waals surface area (Å²) in [4.78, 5) is 37.7. The Morgan fingerprint density at radius 1 is 0.970 bits per heavy atom. The minimum absolute atomic E-state index is 0.132. The molecule has 4 atom stereocenters. The third-order valence-electron chi connectivity index (χ3n) is 8.69. The normalized spacial score (nSPS) is 30.4. The van der Waals surface area contributed by atoms with Crippen LogP contribution in [0.2, 0.25) is 0 Å². The minimum atomic E-state index is 0.132. The minimum Gasteiger partial charge on any atom is -0.343 e. The van der Waals surface area contributed by atoms with Gasteiger partial charge in [-0.15, -0.1) is 0 Å². The number of carbonyl (C=O) groups excluding carboxylic acids is 2. The molecule has 33 heavy (non-hydrogen) atoms. The summed E-state index contributed by atoms with van der Waals surface area (Å²) in [5.74, 6) is 1.57. The van der Waals surface area contributed by atoms with Crippen LogP contribution in [-0.2, 0) is 4.79 Å². The van der Waals surface area contributed by atoms with Crippen molar-refractivity contribution in [1.29, 1.82) is 0 Å². The van der Waals surface area contributed by atoms with E-state index in [2.05, 4.69) is 19.7 Å². The lowest BCUT2D eigenvalue weighted by Gasteiger charge is -2.57. The number of likely N-dealkylation sites (tertiary alicyclic amines) is 2. The Balaban J connectivity index is 1.31. The number of carbonyl (C=O) groups is 2. The molecule has 2 amide bonds. The third kappa shape index (κ3) is 4.96. The van der Waals surface area contributed by atoms with Crippen molar-refractivity contribution in [2.24, 2.45) is 11.8 Å². The van der Waals surface area contributed by atoms with E-state index in [1.807, 2.05) is 12.1 Å². The van der Waals surface area contributed by atoms with Gasteiger partial charge in [-0.2, -0.15) is 0 Å². The Kier molecular flexibility index (Phi) is 7.29. The van der Waals surface area contributed by atoms with Crippen molar-refractivity contribution in [1.82, 2.24) is 19.7 Å². The van der Waals surface area contributed by atoms with Crippen LogP contribution in [0.3, 0.4) is 0 Å². The molecular formula is C27H40N4O2. The Bertz CT molecular complexity index is 806. The molecule has 6 nitrogen and oxygen atoms in total. The first-order valence-electron chi connectivity index (χ1n) is 13.4. The number of piperidine rings is 3. The fourth-order valence-corrected chi connectivity index (χ4v) is 7.19. The summed E-state index contributed by atoms with van der Waals surface area (Å²) in [6, 6.07) is 4.61. The molecule has 1 aromatic rings. The largest absolute Gasteiger partial charge is 0.343 e. The molecule has 0 N–H and O–H groups in total. The van der Waals surface area contributed by atoms with E-state index in [9.17, 15) is 9.59 Å². The zero-order valence-electron chi connectivity index (χ0n) is 20.0. The van der Waals surface area contributed by atoms with Crippen molar-refractivity contribution in [2.45, 2.75) is 82.7 Å². The number of pyridine rings is 1. The van der Waals surface area contributed by atoms with E-state index in [0.29, 0.717) is 35.8 Å². The summed E-state index contributed by atoms with van der Waals surface area (Å²) in [7, 11) is 0. The molecule has 0 saturated carbocycles. The molecule has 0 bridgehead atoms. The first-order valence-corrected chi connectivity index (χ1v) is 13.4. The second-order valence-electron chi connectivity index (χ2n) is 10.7. The van der Waals surface area contributed by atoms with Crippen molar-refractivity contribution in [3.63, 3.8) is 0 Å². The van der Waals surface area contributed by atoms with E-state index < -0.39 is 0 Å². The highest BCUT2D eigenvalue weighted by Crippen LogP contribution is 2.43. The average Bonchev–Trinajstić information content (AvgIpc) is 3.15. The quantitative estimate of drug-likeness (QED) is 0.678. The average molecular weight is 453 g/mol. The van der Waals surface area contributed by atoms with Crippen molar-refractivity contribution in [3.8, 4) is 0 Å². The number of amides is 2. The fraction of sp³-hybridized carbons (Fsp3) is 0.741. The summed E-state index contributed by atoms with van der Waals surface area (Å²) in [5, 5.41) is 0. The summed E-state index contributed by atoms with van der Waals surface area (Å²) in [6.07, 6.45) is 15.6. The van der Waals surface area contributed by atoms with Gasteiger partial charge in [-0.3, -0.25) is 19.5 Å². The van der Waals surface area contributed by atoms with Gasteiger partial charge in [-0.25, -0.2) is 0 Å². The highest BCUT2D eigenvalue weighted by molar-refractivity contribution is 5.94. The van der Waals surface area contributed by atoms with Gasteiger partial charge in [-0.1, -0.05) is 12.8 Å². The van der Waals surface area contributed by atoms with E-state index in [1.54, 1.807) is 12.4 Å². The van der Waals surface area contributed by atoms with Crippen LogP contribution in [0.1, 0.15) is 81.0 Å². The maximum Gasteiger partial charge on any atom is 0.255 e. The zero-order chi connectivity index (χ0) is 22.6. The highest BCUT2D eigenvalue weighted by atomic mass is 16.2. The lowest BCUT2D eigenvalue weighted by molar-refractivity contribution is -0.131. The Hall–Kier alpha value is -1.95. The van der Waals surface area contributed by atoms with Crippen molar-refractivity contribution >= 4 is 11.8 Å². The molecule has 4 saturated heterocycles. The van der Waals surface area contributed by atoms with Crippen LogP contribution in [0.15, 0.2) is 24.5 Å². The SMILES string of the molecule is O=C(CCC[C@@H]1[C@H]2CCCN3CCC[C@@H](CN1C(=O)c1cccnc1)[C@@H]23)N1CCCCCC1. The molecule has 0 aliphatic carbocycles. The molecule has 0 unspecified atom stereocenters. The maximum absolute atomic E-state index is 13.6. The van der Waals surface area contributed by atoms with E-state index >= 15 is 0 Å². The molecule has 0 aromatic carbocycles. The molecule has 4 aliphatic rings. The van der Waals surface area contributed by atoms with Crippen LogP contribution in [0, 0.1) is 11.8 Å². The number of aromatic nitrogens is 1. The molecule has 1 aromatic heterocycles. The molecular weight excluding hydrogens is 412 g/mol. The van der Waals surface area contributed by atoms with E-state index in [4.69, 9.17) is 0 Å². The lowest BCUT2D eigenvalue weighted by atomic mass is 9.69. The molecule has 0 spiro atoms. The van der Waals surface area contributed by atoms with Gasteiger partial charge in [0.2, 0.25) is 5.91 Å². The van der Waals surface area contributed by atoms with Gasteiger partial charge in [0, 0.05) is 50.5 Å². The van der Waals surface area contributed by atoms with Crippen LogP contribution < -0.4 is 0 Å². The summed E-state index contributed by atoms with van der Waals surface area (Å²) < 4.78 is 0. The number of rotatable bonds is 5. The highest BCUT2D eigenvalue weighted by Gasteiger charge is 2.49. The van der Waals surface area contributed by atoms with Gasteiger partial charge in [0.05, 0.1) is 5.56 Å². The molecule has 5 rings (SSSR count). The van der Waals surface area contributed by atoms with Gasteiger partial charge in [0.1, 0.15) is 0 Å². The monoisotopic (exact) mass is 452 g/mol. The van der Waals surface area contributed by atoms with Gasteiger partial charge < -0.3 is 9.80 Å². The molecule has 5 heterocycles.